The molecule has 5 aromatic rings. The van der Waals surface area contributed by atoms with Gasteiger partial charge in [-0.05, 0) is 43.2 Å². The van der Waals surface area contributed by atoms with Gasteiger partial charge in [0.05, 0.1) is 22.0 Å². The Labute approximate surface area is 201 Å². The number of hydrogen-bond acceptors (Lipinski definition) is 6. The van der Waals surface area contributed by atoms with Gasteiger partial charge in [0.2, 0.25) is 5.88 Å². The van der Waals surface area contributed by atoms with E-state index in [-0.39, 0.29) is 0 Å². The standard InChI is InChI=1S/C26H23ClN6O/c27-20-13-16-11-12-22(34-18-9-5-2-6-10-18)31-21(16)14-19(20)24-23-25(28)29-15-30-26(23)33(32-24)17-7-3-1-4-8-17/h2,5-6,9-15,17H,1,3-4,7-8H2,(H2,28,29,30). The first-order valence-electron chi connectivity index (χ1n) is 11.5. The number of aromatic nitrogens is 5. The number of fused-ring (bicyclic) bond motifs is 2. The van der Waals surface area contributed by atoms with Gasteiger partial charge in [0, 0.05) is 17.0 Å². The molecule has 1 aliphatic rings. The largest absolute Gasteiger partial charge is 0.439 e. The summed E-state index contributed by atoms with van der Waals surface area (Å²) >= 11 is 6.77. The Kier molecular flexibility index (Phi) is 5.26. The van der Waals surface area contributed by atoms with Crippen LogP contribution in [0.3, 0.4) is 0 Å². The maximum Gasteiger partial charge on any atom is 0.219 e. The van der Waals surface area contributed by atoms with Crippen LogP contribution in [0.2, 0.25) is 5.02 Å². The van der Waals surface area contributed by atoms with Crippen molar-refractivity contribution in [2.75, 3.05) is 5.73 Å². The van der Waals surface area contributed by atoms with E-state index >= 15 is 0 Å². The lowest BCUT2D eigenvalue weighted by atomic mass is 9.96. The fourth-order valence-electron chi connectivity index (χ4n) is 4.74. The van der Waals surface area contributed by atoms with Gasteiger partial charge < -0.3 is 10.5 Å². The first-order valence-corrected chi connectivity index (χ1v) is 11.9. The highest BCUT2D eigenvalue weighted by Crippen LogP contribution is 2.39. The van der Waals surface area contributed by atoms with Crippen molar-refractivity contribution < 1.29 is 4.74 Å². The lowest BCUT2D eigenvalue weighted by Gasteiger charge is -2.22. The second-order valence-corrected chi connectivity index (χ2v) is 9.04. The molecule has 0 radical (unpaired) electrons. The van der Waals surface area contributed by atoms with E-state index in [0.717, 1.165) is 46.1 Å². The zero-order chi connectivity index (χ0) is 23.1. The van der Waals surface area contributed by atoms with Crippen molar-refractivity contribution in [3.63, 3.8) is 0 Å². The van der Waals surface area contributed by atoms with Crippen LogP contribution in [0, 0.1) is 0 Å². The van der Waals surface area contributed by atoms with Crippen LogP contribution in [-0.2, 0) is 0 Å². The third-order valence-electron chi connectivity index (χ3n) is 6.41. The van der Waals surface area contributed by atoms with Crippen LogP contribution >= 0.6 is 11.6 Å². The van der Waals surface area contributed by atoms with Gasteiger partial charge in [-0.2, -0.15) is 5.10 Å². The second kappa shape index (κ2) is 8.57. The van der Waals surface area contributed by atoms with Crippen LogP contribution < -0.4 is 10.5 Å². The molecule has 0 saturated heterocycles. The summed E-state index contributed by atoms with van der Waals surface area (Å²) in [4.78, 5) is 13.5. The fourth-order valence-corrected chi connectivity index (χ4v) is 5.00. The highest BCUT2D eigenvalue weighted by Gasteiger charge is 2.25. The van der Waals surface area contributed by atoms with E-state index < -0.39 is 0 Å². The molecule has 2 aromatic carbocycles. The molecule has 3 heterocycles. The number of pyridine rings is 1. The molecule has 0 spiro atoms. The van der Waals surface area contributed by atoms with E-state index in [9.17, 15) is 0 Å². The first kappa shape index (κ1) is 20.9. The van der Waals surface area contributed by atoms with Crippen LogP contribution in [0.25, 0.3) is 33.2 Å². The lowest BCUT2D eigenvalue weighted by Crippen LogP contribution is -2.14. The molecule has 1 saturated carbocycles. The zero-order valence-corrected chi connectivity index (χ0v) is 19.2. The fraction of sp³-hybridized carbons (Fsp3) is 0.231. The summed E-state index contributed by atoms with van der Waals surface area (Å²) in [5.41, 5.74) is 9.26. The molecule has 0 aliphatic heterocycles. The normalized spacial score (nSPS) is 14.6. The molecule has 3 aromatic heterocycles. The van der Waals surface area contributed by atoms with Crippen molar-refractivity contribution in [3.8, 4) is 22.9 Å². The molecular weight excluding hydrogens is 448 g/mol. The average Bonchev–Trinajstić information content (AvgIpc) is 3.26. The van der Waals surface area contributed by atoms with Gasteiger partial charge >= 0.3 is 0 Å². The maximum absolute atomic E-state index is 6.77. The second-order valence-electron chi connectivity index (χ2n) is 8.63. The van der Waals surface area contributed by atoms with E-state index in [1.165, 1.54) is 25.6 Å². The summed E-state index contributed by atoms with van der Waals surface area (Å²) in [5.74, 6) is 1.63. The third kappa shape index (κ3) is 3.72. The highest BCUT2D eigenvalue weighted by atomic mass is 35.5. The van der Waals surface area contributed by atoms with E-state index in [2.05, 4.69) is 9.97 Å². The Morgan fingerprint density at radius 2 is 1.79 bits per heavy atom. The van der Waals surface area contributed by atoms with Crippen molar-refractivity contribution >= 4 is 39.4 Å². The summed E-state index contributed by atoms with van der Waals surface area (Å²) in [6, 6.07) is 17.5. The minimum Gasteiger partial charge on any atom is -0.439 e. The predicted octanol–water partition coefficient (Wildman–Crippen LogP) is 6.57. The van der Waals surface area contributed by atoms with Gasteiger partial charge in [0.25, 0.3) is 0 Å². The van der Waals surface area contributed by atoms with E-state index in [1.807, 2.05) is 59.3 Å². The van der Waals surface area contributed by atoms with Crippen LogP contribution in [0.5, 0.6) is 11.6 Å². The molecule has 7 nitrogen and oxygen atoms in total. The van der Waals surface area contributed by atoms with Crippen LogP contribution in [0.1, 0.15) is 38.1 Å². The zero-order valence-electron chi connectivity index (χ0n) is 18.5. The van der Waals surface area contributed by atoms with Crippen LogP contribution in [0.15, 0.2) is 60.9 Å². The van der Waals surface area contributed by atoms with Crippen LogP contribution in [-0.4, -0.2) is 24.7 Å². The van der Waals surface area contributed by atoms with Crippen molar-refractivity contribution in [3.05, 3.63) is 65.9 Å². The molecule has 170 valence electrons. The van der Waals surface area contributed by atoms with Gasteiger partial charge in [-0.25, -0.2) is 19.6 Å². The number of nitrogen functional groups attached to an aromatic ring is 1. The Hall–Kier alpha value is -3.71. The molecule has 8 heteroatoms. The van der Waals surface area contributed by atoms with Crippen molar-refractivity contribution in [1.82, 2.24) is 24.7 Å². The van der Waals surface area contributed by atoms with Crippen molar-refractivity contribution in [2.24, 2.45) is 0 Å². The summed E-state index contributed by atoms with van der Waals surface area (Å²) in [6.07, 6.45) is 7.29. The number of halogens is 1. The topological polar surface area (TPSA) is 91.7 Å². The molecule has 0 bridgehead atoms. The minimum absolute atomic E-state index is 0.294. The first-order chi connectivity index (χ1) is 16.7. The van der Waals surface area contributed by atoms with Gasteiger partial charge in [-0.3, -0.25) is 0 Å². The molecule has 1 fully saturated rings. The van der Waals surface area contributed by atoms with Gasteiger partial charge in [0.1, 0.15) is 23.6 Å². The molecule has 0 atom stereocenters. The maximum atomic E-state index is 6.77. The number of ether oxygens (including phenoxy) is 1. The van der Waals surface area contributed by atoms with E-state index in [4.69, 9.17) is 32.2 Å². The van der Waals surface area contributed by atoms with Crippen LogP contribution in [0.4, 0.5) is 5.82 Å². The number of benzene rings is 2. The van der Waals surface area contributed by atoms with Crippen molar-refractivity contribution in [1.29, 1.82) is 0 Å². The number of anilines is 1. The number of hydrogen-bond donors (Lipinski definition) is 1. The molecule has 1 aliphatic carbocycles. The SMILES string of the molecule is Nc1ncnc2c1c(-c1cc3nc(Oc4ccccc4)ccc3cc1Cl)nn2C1CCCCC1. The summed E-state index contributed by atoms with van der Waals surface area (Å²) in [7, 11) is 0. The Bertz CT molecular complexity index is 1490. The van der Waals surface area contributed by atoms with Gasteiger partial charge in [-0.15, -0.1) is 0 Å². The minimum atomic E-state index is 0.294. The van der Waals surface area contributed by atoms with Crippen molar-refractivity contribution in [2.45, 2.75) is 38.1 Å². The lowest BCUT2D eigenvalue weighted by molar-refractivity contribution is 0.336. The summed E-state index contributed by atoms with van der Waals surface area (Å²) < 4.78 is 7.95. The average molecular weight is 471 g/mol. The molecule has 0 amide bonds. The number of nitrogens with zero attached hydrogens (tertiary/aromatic N) is 5. The highest BCUT2D eigenvalue weighted by molar-refractivity contribution is 6.34. The Balaban J connectivity index is 1.49. The quantitative estimate of drug-likeness (QED) is 0.319. The van der Waals surface area contributed by atoms with E-state index in [1.54, 1.807) is 0 Å². The van der Waals surface area contributed by atoms with E-state index in [0.29, 0.717) is 28.5 Å². The monoisotopic (exact) mass is 470 g/mol. The third-order valence-corrected chi connectivity index (χ3v) is 6.72. The van der Waals surface area contributed by atoms with Gasteiger partial charge in [-0.1, -0.05) is 49.1 Å². The molecule has 6 rings (SSSR count). The Morgan fingerprint density at radius 3 is 2.62 bits per heavy atom. The smallest absolute Gasteiger partial charge is 0.219 e. The summed E-state index contributed by atoms with van der Waals surface area (Å²) in [5, 5.41) is 7.21. The number of nitrogens with two attached hydrogens (primary N) is 1. The Morgan fingerprint density at radius 1 is 0.971 bits per heavy atom. The molecule has 0 unspecified atom stereocenters. The molecular formula is C26H23ClN6O. The van der Waals surface area contributed by atoms with Gasteiger partial charge in [0.15, 0.2) is 5.65 Å². The predicted molar refractivity (Wildman–Crippen MR) is 134 cm³/mol. The summed E-state index contributed by atoms with van der Waals surface area (Å²) in [6.45, 7) is 0. The molecule has 34 heavy (non-hydrogen) atoms. The molecule has 2 N–H and O–H groups in total. The number of rotatable bonds is 4. The number of para-hydroxylation sites is 1.